The molecule has 1 aliphatic rings. The van der Waals surface area contributed by atoms with Crippen molar-refractivity contribution < 1.29 is 32.3 Å². The maximum atomic E-state index is 12.8. The van der Waals surface area contributed by atoms with Gasteiger partial charge < -0.3 is 14.0 Å². The quantitative estimate of drug-likeness (QED) is 0.592. The minimum Gasteiger partial charge on any atom is -0.468 e. The van der Waals surface area contributed by atoms with Crippen LogP contribution in [0, 0.1) is 5.92 Å². The van der Waals surface area contributed by atoms with Gasteiger partial charge in [-0.15, -0.1) is 0 Å². The van der Waals surface area contributed by atoms with E-state index in [0.29, 0.717) is 33.4 Å². The Labute approximate surface area is 183 Å². The number of benzene rings is 1. The van der Waals surface area contributed by atoms with Crippen LogP contribution in [0.4, 0.5) is 0 Å². The van der Waals surface area contributed by atoms with E-state index in [1.54, 1.807) is 22.8 Å². The Morgan fingerprint density at radius 3 is 2.42 bits per heavy atom. The van der Waals surface area contributed by atoms with Crippen LogP contribution in [0.15, 0.2) is 23.2 Å². The standard InChI is InChI=1S/C19H23N3O7S2/c1-28-16(23)11-22-14-5-4-13(18(25)29-2)10-15(14)30-19(22)20-17(24)12-6-8-21(9-7-12)31(3,26)27/h4-5,10,12H,6-9,11H2,1-3H3. The third-order valence-corrected chi connectivity index (χ3v) is 7.44. The largest absolute Gasteiger partial charge is 0.468 e. The normalized spacial score (nSPS) is 16.4. The summed E-state index contributed by atoms with van der Waals surface area (Å²) in [5.74, 6) is -1.78. The Balaban J connectivity index is 1.96. The Bertz CT molecular complexity index is 1190. The van der Waals surface area contributed by atoms with Gasteiger partial charge in [0.05, 0.1) is 36.3 Å². The van der Waals surface area contributed by atoms with Crippen LogP contribution >= 0.6 is 11.3 Å². The van der Waals surface area contributed by atoms with Crippen molar-refractivity contribution in [2.24, 2.45) is 10.9 Å². The molecular weight excluding hydrogens is 446 g/mol. The van der Waals surface area contributed by atoms with Crippen molar-refractivity contribution in [3.63, 3.8) is 0 Å². The molecule has 0 bridgehead atoms. The molecule has 1 saturated heterocycles. The lowest BCUT2D eigenvalue weighted by atomic mass is 9.98. The van der Waals surface area contributed by atoms with E-state index in [1.807, 2.05) is 0 Å². The second-order valence-corrected chi connectivity index (χ2v) is 10.1. The van der Waals surface area contributed by atoms with Crippen molar-refractivity contribution in [3.8, 4) is 0 Å². The zero-order valence-electron chi connectivity index (χ0n) is 17.4. The smallest absolute Gasteiger partial charge is 0.337 e. The first-order valence-electron chi connectivity index (χ1n) is 9.46. The molecule has 10 nitrogen and oxygen atoms in total. The summed E-state index contributed by atoms with van der Waals surface area (Å²) in [6.45, 7) is 0.385. The van der Waals surface area contributed by atoms with Gasteiger partial charge in [-0.3, -0.25) is 9.59 Å². The molecule has 1 aliphatic heterocycles. The minimum atomic E-state index is -3.29. The predicted octanol–water partition coefficient (Wildman–Crippen LogP) is 0.761. The van der Waals surface area contributed by atoms with Crippen LogP contribution in [-0.4, -0.2) is 68.7 Å². The van der Waals surface area contributed by atoms with Crippen molar-refractivity contribution in [3.05, 3.63) is 28.6 Å². The van der Waals surface area contributed by atoms with Crippen molar-refractivity contribution in [1.82, 2.24) is 8.87 Å². The number of carbonyl (C=O) groups is 3. The average Bonchev–Trinajstić information content (AvgIpc) is 3.08. The van der Waals surface area contributed by atoms with E-state index >= 15 is 0 Å². The summed E-state index contributed by atoms with van der Waals surface area (Å²) >= 11 is 1.17. The Morgan fingerprint density at radius 1 is 1.16 bits per heavy atom. The molecule has 1 aromatic carbocycles. The van der Waals surface area contributed by atoms with Crippen LogP contribution in [0.5, 0.6) is 0 Å². The molecule has 0 aliphatic carbocycles. The van der Waals surface area contributed by atoms with Crippen LogP contribution in [0.3, 0.4) is 0 Å². The van der Waals surface area contributed by atoms with Gasteiger partial charge in [-0.25, -0.2) is 17.5 Å². The van der Waals surface area contributed by atoms with Gasteiger partial charge in [0.25, 0.3) is 5.91 Å². The highest BCUT2D eigenvalue weighted by Gasteiger charge is 2.29. The first-order valence-corrected chi connectivity index (χ1v) is 12.1. The van der Waals surface area contributed by atoms with Gasteiger partial charge >= 0.3 is 11.9 Å². The summed E-state index contributed by atoms with van der Waals surface area (Å²) in [6, 6.07) is 4.85. The molecule has 0 spiro atoms. The summed E-state index contributed by atoms with van der Waals surface area (Å²) < 4.78 is 36.4. The molecular formula is C19H23N3O7S2. The second kappa shape index (κ2) is 9.28. The Hall–Kier alpha value is -2.57. The van der Waals surface area contributed by atoms with Crippen molar-refractivity contribution in [1.29, 1.82) is 0 Å². The van der Waals surface area contributed by atoms with Crippen molar-refractivity contribution in [2.75, 3.05) is 33.6 Å². The van der Waals surface area contributed by atoms with Crippen LogP contribution in [0.25, 0.3) is 10.2 Å². The number of nitrogens with zero attached hydrogens (tertiary/aromatic N) is 3. The van der Waals surface area contributed by atoms with Gasteiger partial charge in [0.15, 0.2) is 4.80 Å². The molecule has 2 heterocycles. The number of piperidine rings is 1. The molecule has 3 rings (SSSR count). The highest BCUT2D eigenvalue weighted by molar-refractivity contribution is 7.88. The Kier molecular flexibility index (Phi) is 6.92. The summed E-state index contributed by atoms with van der Waals surface area (Å²) in [5.41, 5.74) is 0.967. The molecule has 1 amide bonds. The van der Waals surface area contributed by atoms with Crippen LogP contribution in [0.1, 0.15) is 23.2 Å². The zero-order valence-corrected chi connectivity index (χ0v) is 19.0. The lowest BCUT2D eigenvalue weighted by molar-refractivity contribution is -0.141. The molecule has 12 heteroatoms. The molecule has 31 heavy (non-hydrogen) atoms. The lowest BCUT2D eigenvalue weighted by Gasteiger charge is -2.28. The van der Waals surface area contributed by atoms with E-state index in [2.05, 4.69) is 4.99 Å². The first kappa shape index (κ1) is 23.1. The molecule has 168 valence electrons. The molecule has 1 fully saturated rings. The number of fused-ring (bicyclic) bond motifs is 1. The third-order valence-electron chi connectivity index (χ3n) is 5.10. The monoisotopic (exact) mass is 469 g/mol. The summed E-state index contributed by atoms with van der Waals surface area (Å²) in [6.07, 6.45) is 1.91. The van der Waals surface area contributed by atoms with Crippen LogP contribution < -0.4 is 4.80 Å². The number of sulfonamides is 1. The SMILES string of the molecule is COC(=O)Cn1c(=NC(=O)C2CCN(S(C)(=O)=O)CC2)sc2cc(C(=O)OC)ccc21. The number of aromatic nitrogens is 1. The van der Waals surface area contributed by atoms with E-state index in [1.165, 1.54) is 29.9 Å². The number of carbonyl (C=O) groups excluding carboxylic acids is 3. The van der Waals surface area contributed by atoms with Crippen molar-refractivity contribution >= 4 is 49.4 Å². The molecule has 0 radical (unpaired) electrons. The number of hydrogen-bond donors (Lipinski definition) is 0. The predicted molar refractivity (Wildman–Crippen MR) is 113 cm³/mol. The summed E-state index contributed by atoms with van der Waals surface area (Å²) in [4.78, 5) is 41.1. The number of ether oxygens (including phenoxy) is 2. The zero-order chi connectivity index (χ0) is 22.8. The fourth-order valence-electron chi connectivity index (χ4n) is 3.37. The number of methoxy groups -OCH3 is 2. The van der Waals surface area contributed by atoms with Crippen LogP contribution in [-0.2, 0) is 35.6 Å². The molecule has 0 saturated carbocycles. The number of amides is 1. The Morgan fingerprint density at radius 2 is 1.84 bits per heavy atom. The fourth-order valence-corrected chi connectivity index (χ4v) is 5.32. The average molecular weight is 470 g/mol. The van der Waals surface area contributed by atoms with E-state index in [9.17, 15) is 22.8 Å². The lowest BCUT2D eigenvalue weighted by Crippen LogP contribution is -2.39. The number of rotatable bonds is 5. The van der Waals surface area contributed by atoms with Gasteiger partial charge in [-0.05, 0) is 31.0 Å². The second-order valence-electron chi connectivity index (χ2n) is 7.11. The first-order chi connectivity index (χ1) is 14.6. The topological polar surface area (TPSA) is 124 Å². The van der Waals surface area contributed by atoms with Gasteiger partial charge in [0.1, 0.15) is 6.54 Å². The minimum absolute atomic E-state index is 0.146. The molecule has 2 aromatic rings. The van der Waals surface area contributed by atoms with Gasteiger partial charge in [0.2, 0.25) is 10.0 Å². The maximum absolute atomic E-state index is 12.8. The van der Waals surface area contributed by atoms with E-state index in [0.717, 1.165) is 6.26 Å². The van der Waals surface area contributed by atoms with E-state index in [-0.39, 0.29) is 25.5 Å². The number of thiazole rings is 1. The van der Waals surface area contributed by atoms with Crippen molar-refractivity contribution in [2.45, 2.75) is 19.4 Å². The third kappa shape index (κ3) is 5.20. The van der Waals surface area contributed by atoms with Gasteiger partial charge in [-0.1, -0.05) is 11.3 Å². The van der Waals surface area contributed by atoms with E-state index in [4.69, 9.17) is 9.47 Å². The highest BCUT2D eigenvalue weighted by Crippen LogP contribution is 2.22. The van der Waals surface area contributed by atoms with E-state index < -0.39 is 27.9 Å². The molecule has 0 N–H and O–H groups in total. The fraction of sp³-hybridized carbons (Fsp3) is 0.474. The molecule has 1 aromatic heterocycles. The van der Waals surface area contributed by atoms with Crippen LogP contribution in [0.2, 0.25) is 0 Å². The maximum Gasteiger partial charge on any atom is 0.337 e. The van der Waals surface area contributed by atoms with Gasteiger partial charge in [-0.2, -0.15) is 4.99 Å². The highest BCUT2D eigenvalue weighted by atomic mass is 32.2. The molecule has 0 atom stereocenters. The summed E-state index contributed by atoms with van der Waals surface area (Å²) in [7, 11) is -0.735. The summed E-state index contributed by atoms with van der Waals surface area (Å²) in [5, 5.41) is 0. The number of hydrogen-bond acceptors (Lipinski definition) is 8. The van der Waals surface area contributed by atoms with Gasteiger partial charge in [0, 0.05) is 19.0 Å². The number of esters is 2. The molecule has 0 unspecified atom stereocenters.